The molecule has 0 bridgehead atoms. The van der Waals surface area contributed by atoms with Crippen LogP contribution in [-0.4, -0.2) is 58.9 Å². The lowest BCUT2D eigenvalue weighted by Crippen LogP contribution is -2.44. The first-order valence-electron chi connectivity index (χ1n) is 13.1. The number of carbonyl (C=O) groups excluding carboxylic acids is 4. The van der Waals surface area contributed by atoms with Crippen LogP contribution in [0.15, 0.2) is 66.9 Å². The van der Waals surface area contributed by atoms with Crippen molar-refractivity contribution in [3.05, 3.63) is 88.8 Å². The van der Waals surface area contributed by atoms with Crippen LogP contribution in [0, 0.1) is 5.82 Å². The minimum Gasteiger partial charge on any atom is -0.465 e. The number of hydrogen-bond donors (Lipinski definition) is 1. The normalized spacial score (nSPS) is 16.5. The number of benzene rings is 3. The summed E-state index contributed by atoms with van der Waals surface area (Å²) in [6.07, 6.45) is -0.225. The molecule has 1 aromatic heterocycles. The summed E-state index contributed by atoms with van der Waals surface area (Å²) >= 11 is 6.23. The van der Waals surface area contributed by atoms with E-state index in [1.54, 1.807) is 36.4 Å². The number of carbonyl (C=O) groups is 4. The molecule has 1 saturated heterocycles. The zero-order valence-corrected chi connectivity index (χ0v) is 23.5. The maximum Gasteiger partial charge on any atom is 0.337 e. The predicted molar refractivity (Wildman–Crippen MR) is 154 cm³/mol. The van der Waals surface area contributed by atoms with Gasteiger partial charge >= 0.3 is 5.97 Å². The van der Waals surface area contributed by atoms with Gasteiger partial charge in [-0.1, -0.05) is 41.9 Å². The van der Waals surface area contributed by atoms with Gasteiger partial charge in [0.2, 0.25) is 11.8 Å². The summed E-state index contributed by atoms with van der Waals surface area (Å²) in [7, 11) is 1.24. The highest BCUT2D eigenvalue weighted by Crippen LogP contribution is 2.33. The quantitative estimate of drug-likeness (QED) is 0.220. The molecule has 11 heteroatoms. The largest absolute Gasteiger partial charge is 0.465 e. The summed E-state index contributed by atoms with van der Waals surface area (Å²) in [5, 5.41) is 3.29. The van der Waals surface area contributed by atoms with Gasteiger partial charge in [-0.05, 0) is 37.3 Å². The molecule has 2 atom stereocenters. The second-order valence-corrected chi connectivity index (χ2v) is 10.4. The van der Waals surface area contributed by atoms with Crippen molar-refractivity contribution >= 4 is 51.8 Å². The number of nitrogens with one attached hydrogen (secondary N) is 1. The Bertz CT molecular complexity index is 1740. The number of ketones is 1. The van der Waals surface area contributed by atoms with Crippen molar-refractivity contribution < 1.29 is 32.7 Å². The number of aromatic nitrogens is 1. The van der Waals surface area contributed by atoms with Gasteiger partial charge in [0.05, 0.1) is 24.9 Å². The molecule has 0 aliphatic carbocycles. The zero-order chi connectivity index (χ0) is 30.1. The molecule has 2 amide bonds. The number of methoxy groups -OCH3 is 1. The fourth-order valence-electron chi connectivity index (χ4n) is 5.23. The Hall–Kier alpha value is -4.57. The van der Waals surface area contributed by atoms with E-state index in [1.807, 2.05) is 0 Å². The van der Waals surface area contributed by atoms with Gasteiger partial charge in [0.25, 0.3) is 0 Å². The van der Waals surface area contributed by atoms with Crippen LogP contribution in [0.2, 0.25) is 5.02 Å². The number of hydrogen-bond acceptors (Lipinski definition) is 5. The van der Waals surface area contributed by atoms with Crippen molar-refractivity contribution in [2.24, 2.45) is 0 Å². The lowest BCUT2D eigenvalue weighted by Gasteiger charge is -2.24. The van der Waals surface area contributed by atoms with E-state index in [9.17, 15) is 23.6 Å². The molecule has 42 heavy (non-hydrogen) atoms. The average Bonchev–Trinajstić information content (AvgIpc) is 3.54. The van der Waals surface area contributed by atoms with Crippen molar-refractivity contribution in [1.29, 1.82) is 0 Å². The van der Waals surface area contributed by atoms with Gasteiger partial charge in [-0.25, -0.2) is 13.6 Å². The number of amides is 2. The Morgan fingerprint density at radius 1 is 1.05 bits per heavy atom. The lowest BCUT2D eigenvalue weighted by molar-refractivity contribution is -0.137. The number of likely N-dealkylation sites (tertiary alicyclic amines) is 1. The molecule has 2 unspecified atom stereocenters. The van der Waals surface area contributed by atoms with E-state index in [0.717, 1.165) is 4.90 Å². The average molecular weight is 594 g/mol. The minimum absolute atomic E-state index is 0.129. The molecule has 0 spiro atoms. The van der Waals surface area contributed by atoms with Crippen LogP contribution < -0.4 is 5.32 Å². The first kappa shape index (κ1) is 28.9. The molecule has 2 heterocycles. The number of fused-ring (bicyclic) bond motifs is 1. The molecule has 8 nitrogen and oxygen atoms in total. The SMILES string of the molecule is COC(=O)c1ccc2c(c1)c(C(C)=O)cn2CC(=O)N1CC(F)CC1C(=O)Nc1cccc(-c2ccccc2Cl)c1F. The Kier molecular flexibility index (Phi) is 8.08. The van der Waals surface area contributed by atoms with Crippen LogP contribution in [0.25, 0.3) is 22.0 Å². The molecular formula is C31H26ClF2N3O5. The van der Waals surface area contributed by atoms with Gasteiger partial charge in [-0.15, -0.1) is 0 Å². The monoisotopic (exact) mass is 593 g/mol. The van der Waals surface area contributed by atoms with Crippen molar-refractivity contribution in [1.82, 2.24) is 9.47 Å². The molecule has 4 aromatic rings. The van der Waals surface area contributed by atoms with E-state index < -0.39 is 35.8 Å². The van der Waals surface area contributed by atoms with E-state index in [0.29, 0.717) is 21.5 Å². The zero-order valence-electron chi connectivity index (χ0n) is 22.7. The maximum atomic E-state index is 15.4. The minimum atomic E-state index is -1.46. The van der Waals surface area contributed by atoms with E-state index in [1.165, 1.54) is 49.1 Å². The van der Waals surface area contributed by atoms with Crippen molar-refractivity contribution in [3.63, 3.8) is 0 Å². The van der Waals surface area contributed by atoms with Gasteiger partial charge in [-0.3, -0.25) is 14.4 Å². The topological polar surface area (TPSA) is 97.7 Å². The van der Waals surface area contributed by atoms with Crippen LogP contribution >= 0.6 is 11.6 Å². The molecule has 3 aromatic carbocycles. The third kappa shape index (κ3) is 5.49. The lowest BCUT2D eigenvalue weighted by atomic mass is 10.0. The highest BCUT2D eigenvalue weighted by atomic mass is 35.5. The number of ether oxygens (including phenoxy) is 1. The van der Waals surface area contributed by atoms with Gasteiger partial charge in [0.15, 0.2) is 11.6 Å². The second kappa shape index (κ2) is 11.7. The molecule has 0 radical (unpaired) electrons. The number of anilines is 1. The third-order valence-electron chi connectivity index (χ3n) is 7.28. The summed E-state index contributed by atoms with van der Waals surface area (Å²) < 4.78 is 36.3. The number of halogens is 3. The molecule has 1 aliphatic heterocycles. The third-order valence-corrected chi connectivity index (χ3v) is 7.61. The van der Waals surface area contributed by atoms with Gasteiger partial charge in [-0.2, -0.15) is 0 Å². The van der Waals surface area contributed by atoms with Crippen LogP contribution in [-0.2, 0) is 20.9 Å². The summed E-state index contributed by atoms with van der Waals surface area (Å²) in [6.45, 7) is 0.749. The van der Waals surface area contributed by atoms with E-state index in [2.05, 4.69) is 5.32 Å². The Labute approximate surface area is 244 Å². The first-order chi connectivity index (χ1) is 20.1. The second-order valence-electron chi connectivity index (χ2n) is 9.98. The van der Waals surface area contributed by atoms with Crippen molar-refractivity contribution in [2.45, 2.75) is 32.1 Å². The number of esters is 1. The molecule has 216 valence electrons. The smallest absolute Gasteiger partial charge is 0.337 e. The molecular weight excluding hydrogens is 568 g/mol. The Morgan fingerprint density at radius 2 is 1.79 bits per heavy atom. The summed E-state index contributed by atoms with van der Waals surface area (Å²) in [5.41, 5.74) is 1.51. The highest BCUT2D eigenvalue weighted by Gasteiger charge is 2.40. The Morgan fingerprint density at radius 3 is 2.50 bits per heavy atom. The molecule has 0 saturated carbocycles. The van der Waals surface area contributed by atoms with E-state index >= 15 is 4.39 Å². The van der Waals surface area contributed by atoms with Crippen LogP contribution in [0.3, 0.4) is 0 Å². The van der Waals surface area contributed by atoms with E-state index in [-0.39, 0.29) is 47.7 Å². The Balaban J connectivity index is 1.39. The van der Waals surface area contributed by atoms with Crippen LogP contribution in [0.4, 0.5) is 14.5 Å². The maximum absolute atomic E-state index is 15.4. The molecule has 1 N–H and O–H groups in total. The van der Waals surface area contributed by atoms with Gasteiger partial charge < -0.3 is 19.5 Å². The predicted octanol–water partition coefficient (Wildman–Crippen LogP) is 5.67. The fourth-order valence-corrected chi connectivity index (χ4v) is 5.47. The number of alkyl halides is 1. The van der Waals surface area contributed by atoms with Crippen LogP contribution in [0.1, 0.15) is 34.1 Å². The number of Topliss-reactive ketones (excluding diaryl/α,β-unsaturated/α-hetero) is 1. The summed E-state index contributed by atoms with van der Waals surface area (Å²) in [6, 6.07) is 14.6. The number of nitrogens with zero attached hydrogens (tertiary/aromatic N) is 2. The van der Waals surface area contributed by atoms with E-state index in [4.69, 9.17) is 16.3 Å². The fraction of sp³-hybridized carbons (Fsp3) is 0.226. The van der Waals surface area contributed by atoms with Crippen molar-refractivity contribution in [3.8, 4) is 11.1 Å². The summed E-state index contributed by atoms with van der Waals surface area (Å²) in [5.74, 6) is -2.87. The summed E-state index contributed by atoms with van der Waals surface area (Å²) in [4.78, 5) is 52.1. The van der Waals surface area contributed by atoms with Gasteiger partial charge in [0, 0.05) is 45.2 Å². The number of rotatable bonds is 7. The first-order valence-corrected chi connectivity index (χ1v) is 13.5. The molecule has 1 fully saturated rings. The molecule has 5 rings (SSSR count). The highest BCUT2D eigenvalue weighted by molar-refractivity contribution is 6.33. The standard InChI is InChI=1S/C31H26ClF2N3O5/c1-17(38)23-15-36(26-11-10-18(12-22(23)26)31(41)42-2)16-28(39)37-14-19(33)13-27(37)30(40)35-25-9-5-7-21(29(25)34)20-6-3-4-8-24(20)32/h3-12,15,19,27H,13-14,16H2,1-2H3,(H,35,40). The molecule has 1 aliphatic rings. The van der Waals surface area contributed by atoms with Crippen LogP contribution in [0.5, 0.6) is 0 Å². The van der Waals surface area contributed by atoms with Gasteiger partial charge in [0.1, 0.15) is 18.8 Å². The van der Waals surface area contributed by atoms with Crippen molar-refractivity contribution in [2.75, 3.05) is 19.0 Å².